The van der Waals surface area contributed by atoms with Gasteiger partial charge in [-0.15, -0.1) is 11.3 Å². The summed E-state index contributed by atoms with van der Waals surface area (Å²) in [5, 5.41) is 5.76. The zero-order chi connectivity index (χ0) is 20.2. The zero-order valence-electron chi connectivity index (χ0n) is 15.8. The van der Waals surface area contributed by atoms with E-state index in [0.29, 0.717) is 11.1 Å². The van der Waals surface area contributed by atoms with Crippen LogP contribution in [-0.2, 0) is 9.53 Å². The highest BCUT2D eigenvalue weighted by atomic mass is 32.1. The Morgan fingerprint density at radius 2 is 1.79 bits per heavy atom. The van der Waals surface area contributed by atoms with Crippen molar-refractivity contribution in [2.24, 2.45) is 0 Å². The number of hydrogen-bond acceptors (Lipinski definition) is 5. The fourth-order valence-corrected chi connectivity index (χ4v) is 3.99. The summed E-state index contributed by atoms with van der Waals surface area (Å²) < 4.78 is 10.8. The number of esters is 1. The highest BCUT2D eigenvalue weighted by molar-refractivity contribution is 7.10. The van der Waals surface area contributed by atoms with Crippen LogP contribution in [-0.4, -0.2) is 18.5 Å². The molecule has 2 heterocycles. The molecule has 0 radical (unpaired) electrons. The Morgan fingerprint density at radius 3 is 2.52 bits per heavy atom. The number of carbonyl (C=O) groups excluding carboxylic acids is 2. The Kier molecular flexibility index (Phi) is 5.44. The van der Waals surface area contributed by atoms with Crippen molar-refractivity contribution in [3.63, 3.8) is 0 Å². The van der Waals surface area contributed by atoms with Crippen LogP contribution in [0.3, 0.4) is 0 Å². The van der Waals surface area contributed by atoms with Crippen molar-refractivity contribution in [3.05, 3.63) is 93.9 Å². The van der Waals surface area contributed by atoms with Gasteiger partial charge in [0.05, 0.1) is 6.04 Å². The van der Waals surface area contributed by atoms with E-state index in [4.69, 9.17) is 9.15 Å². The van der Waals surface area contributed by atoms with Crippen LogP contribution < -0.4 is 5.32 Å². The third-order valence-electron chi connectivity index (χ3n) is 4.63. The van der Waals surface area contributed by atoms with Crippen LogP contribution in [0.4, 0.5) is 0 Å². The number of amides is 1. The quantitative estimate of drug-likeness (QED) is 0.465. The lowest BCUT2D eigenvalue weighted by atomic mass is 10.1. The Bertz CT molecular complexity index is 1130. The van der Waals surface area contributed by atoms with Gasteiger partial charge in [0.25, 0.3) is 5.91 Å². The molecule has 4 rings (SSSR count). The topological polar surface area (TPSA) is 68.5 Å². The molecular weight excluding hydrogens is 386 g/mol. The third-order valence-corrected chi connectivity index (χ3v) is 5.57. The lowest BCUT2D eigenvalue weighted by Crippen LogP contribution is -2.32. The number of hydrogen-bond donors (Lipinski definition) is 1. The Hall–Kier alpha value is -3.38. The van der Waals surface area contributed by atoms with E-state index in [2.05, 4.69) is 5.32 Å². The Labute approximate surface area is 171 Å². The Balaban J connectivity index is 1.44. The molecular formula is C23H19NO4S. The van der Waals surface area contributed by atoms with Crippen molar-refractivity contribution in [3.8, 4) is 0 Å². The highest BCUT2D eigenvalue weighted by Crippen LogP contribution is 2.27. The molecule has 4 aromatic rings. The summed E-state index contributed by atoms with van der Waals surface area (Å²) >= 11 is 1.56. The SMILES string of the molecule is Cc1c(C(=O)OCC(=O)N[C@@H](c2ccccc2)c2cccs2)oc2ccccc12. The molecule has 0 saturated heterocycles. The van der Waals surface area contributed by atoms with E-state index in [1.807, 2.05) is 66.0 Å². The molecule has 146 valence electrons. The van der Waals surface area contributed by atoms with Gasteiger partial charge in [-0.25, -0.2) is 4.79 Å². The number of aryl methyl sites for hydroxylation is 1. The standard InChI is InChI=1S/C23H19NO4S/c1-15-17-10-5-6-11-18(17)28-22(15)23(26)27-14-20(25)24-21(19-12-7-13-29-19)16-8-3-2-4-9-16/h2-13,21H,14H2,1H3,(H,24,25)/t21-/m0/s1. The summed E-state index contributed by atoms with van der Waals surface area (Å²) in [5.74, 6) is -0.910. The van der Waals surface area contributed by atoms with Crippen LogP contribution in [0.25, 0.3) is 11.0 Å². The van der Waals surface area contributed by atoms with Gasteiger partial charge in [-0.1, -0.05) is 54.6 Å². The van der Waals surface area contributed by atoms with Crippen molar-refractivity contribution < 1.29 is 18.7 Å². The van der Waals surface area contributed by atoms with Gasteiger partial charge in [-0.2, -0.15) is 0 Å². The summed E-state index contributed by atoms with van der Waals surface area (Å²) in [6.45, 7) is 1.41. The van der Waals surface area contributed by atoms with E-state index in [9.17, 15) is 9.59 Å². The van der Waals surface area contributed by atoms with E-state index in [0.717, 1.165) is 15.8 Å². The summed E-state index contributed by atoms with van der Waals surface area (Å²) in [7, 11) is 0. The van der Waals surface area contributed by atoms with Crippen molar-refractivity contribution >= 4 is 34.2 Å². The summed E-state index contributed by atoms with van der Waals surface area (Å²) in [5.41, 5.74) is 2.28. The maximum absolute atomic E-state index is 12.5. The van der Waals surface area contributed by atoms with E-state index in [1.165, 1.54) is 0 Å². The first-order valence-corrected chi connectivity index (χ1v) is 10.0. The second-order valence-electron chi connectivity index (χ2n) is 6.56. The number of carbonyl (C=O) groups is 2. The predicted octanol–water partition coefficient (Wildman–Crippen LogP) is 4.87. The maximum Gasteiger partial charge on any atom is 0.375 e. The third kappa shape index (κ3) is 4.07. The predicted molar refractivity (Wildman–Crippen MR) is 112 cm³/mol. The van der Waals surface area contributed by atoms with Crippen LogP contribution in [0.1, 0.15) is 32.6 Å². The number of ether oxygens (including phenoxy) is 1. The van der Waals surface area contributed by atoms with Gasteiger partial charge in [-0.05, 0) is 30.0 Å². The van der Waals surface area contributed by atoms with Gasteiger partial charge in [0.1, 0.15) is 5.58 Å². The average Bonchev–Trinajstić information content (AvgIpc) is 3.40. The smallest absolute Gasteiger partial charge is 0.375 e. The molecule has 29 heavy (non-hydrogen) atoms. The second-order valence-corrected chi connectivity index (χ2v) is 7.53. The molecule has 0 spiro atoms. The molecule has 0 bridgehead atoms. The van der Waals surface area contributed by atoms with Crippen LogP contribution in [0.15, 0.2) is 76.5 Å². The van der Waals surface area contributed by atoms with Crippen molar-refractivity contribution in [1.82, 2.24) is 5.32 Å². The minimum Gasteiger partial charge on any atom is -0.450 e. The van der Waals surface area contributed by atoms with Crippen LogP contribution >= 0.6 is 11.3 Å². The molecule has 1 atom stereocenters. The van der Waals surface area contributed by atoms with E-state index < -0.39 is 5.97 Å². The van der Waals surface area contributed by atoms with E-state index >= 15 is 0 Å². The maximum atomic E-state index is 12.5. The fraction of sp³-hybridized carbons (Fsp3) is 0.130. The molecule has 0 aliphatic heterocycles. The molecule has 1 N–H and O–H groups in total. The van der Waals surface area contributed by atoms with Gasteiger partial charge < -0.3 is 14.5 Å². The first-order valence-electron chi connectivity index (χ1n) is 9.16. The molecule has 2 aromatic carbocycles. The molecule has 0 aliphatic rings. The lowest BCUT2D eigenvalue weighted by molar-refractivity contribution is -0.124. The molecule has 6 heteroatoms. The van der Waals surface area contributed by atoms with Crippen molar-refractivity contribution in [1.29, 1.82) is 0 Å². The summed E-state index contributed by atoms with van der Waals surface area (Å²) in [6.07, 6.45) is 0. The van der Waals surface area contributed by atoms with Gasteiger partial charge in [0.2, 0.25) is 5.76 Å². The minimum absolute atomic E-state index is 0.122. The highest BCUT2D eigenvalue weighted by Gasteiger charge is 2.22. The van der Waals surface area contributed by atoms with Crippen LogP contribution in [0.5, 0.6) is 0 Å². The van der Waals surface area contributed by atoms with E-state index in [1.54, 1.807) is 24.3 Å². The molecule has 5 nitrogen and oxygen atoms in total. The number of thiophene rings is 1. The number of rotatable bonds is 6. The summed E-state index contributed by atoms with van der Waals surface area (Å²) in [6, 6.07) is 20.7. The normalized spacial score (nSPS) is 11.9. The first kappa shape index (κ1) is 19.0. The number of nitrogens with one attached hydrogen (secondary N) is 1. The molecule has 0 saturated carbocycles. The van der Waals surface area contributed by atoms with Gasteiger partial charge in [0, 0.05) is 15.8 Å². The number of fused-ring (bicyclic) bond motifs is 1. The average molecular weight is 405 g/mol. The van der Waals surface area contributed by atoms with Crippen LogP contribution in [0, 0.1) is 6.92 Å². The number of para-hydroxylation sites is 1. The monoisotopic (exact) mass is 405 g/mol. The minimum atomic E-state index is -0.652. The van der Waals surface area contributed by atoms with Crippen LogP contribution in [0.2, 0.25) is 0 Å². The molecule has 1 amide bonds. The molecule has 0 aliphatic carbocycles. The number of furan rings is 1. The Morgan fingerprint density at radius 1 is 1.03 bits per heavy atom. The van der Waals surface area contributed by atoms with Gasteiger partial charge in [-0.3, -0.25) is 4.79 Å². The zero-order valence-corrected chi connectivity index (χ0v) is 16.6. The van der Waals surface area contributed by atoms with Crippen molar-refractivity contribution in [2.45, 2.75) is 13.0 Å². The number of benzene rings is 2. The van der Waals surface area contributed by atoms with Gasteiger partial charge in [0.15, 0.2) is 6.61 Å². The summed E-state index contributed by atoms with van der Waals surface area (Å²) in [4.78, 5) is 25.9. The first-order chi connectivity index (χ1) is 14.1. The molecule has 2 aromatic heterocycles. The molecule has 0 unspecified atom stereocenters. The lowest BCUT2D eigenvalue weighted by Gasteiger charge is -2.18. The largest absolute Gasteiger partial charge is 0.450 e. The van der Waals surface area contributed by atoms with Crippen molar-refractivity contribution in [2.75, 3.05) is 6.61 Å². The molecule has 0 fully saturated rings. The van der Waals surface area contributed by atoms with E-state index in [-0.39, 0.29) is 24.3 Å². The second kappa shape index (κ2) is 8.32. The fourth-order valence-electron chi connectivity index (χ4n) is 3.19. The van der Waals surface area contributed by atoms with Gasteiger partial charge >= 0.3 is 5.97 Å².